The van der Waals surface area contributed by atoms with Crippen molar-refractivity contribution < 1.29 is 9.47 Å². The van der Waals surface area contributed by atoms with E-state index in [2.05, 4.69) is 34.1 Å². The highest BCUT2D eigenvalue weighted by Gasteiger charge is 2.15. The molecule has 21 heavy (non-hydrogen) atoms. The van der Waals surface area contributed by atoms with Gasteiger partial charge in [0.25, 0.3) is 0 Å². The maximum absolute atomic E-state index is 5.46. The van der Waals surface area contributed by atoms with Gasteiger partial charge in [-0.25, -0.2) is 0 Å². The molecule has 1 aromatic rings. The fourth-order valence-electron chi connectivity index (χ4n) is 3.15. The first kappa shape index (κ1) is 14.8. The number of ether oxygens (including phenoxy) is 2. The van der Waals surface area contributed by atoms with Gasteiger partial charge in [0.05, 0.1) is 26.4 Å². The Balaban J connectivity index is 1.54. The van der Waals surface area contributed by atoms with Gasteiger partial charge < -0.3 is 14.4 Å². The van der Waals surface area contributed by atoms with Crippen LogP contribution in [0.4, 0.5) is 5.69 Å². The number of anilines is 1. The zero-order chi connectivity index (χ0) is 14.3. The maximum Gasteiger partial charge on any atom is 0.0642 e. The molecule has 3 rings (SSSR count). The topological polar surface area (TPSA) is 24.9 Å². The second-order valence-corrected chi connectivity index (χ2v) is 5.79. The summed E-state index contributed by atoms with van der Waals surface area (Å²) < 4.78 is 10.9. The lowest BCUT2D eigenvalue weighted by Crippen LogP contribution is -2.37. The van der Waals surface area contributed by atoms with Gasteiger partial charge in [0.15, 0.2) is 0 Å². The molecular weight excluding hydrogens is 264 g/mol. The molecule has 0 radical (unpaired) electrons. The predicted octanol–water partition coefficient (Wildman–Crippen LogP) is 1.79. The van der Waals surface area contributed by atoms with Gasteiger partial charge >= 0.3 is 0 Å². The molecule has 0 bridgehead atoms. The molecule has 2 aliphatic heterocycles. The molecule has 2 aliphatic rings. The average Bonchev–Trinajstić information content (AvgIpc) is 2.57. The molecule has 2 saturated heterocycles. The standard InChI is InChI=1S/C17H26N2O2/c1-2-6-17(19-10-14-21-15-11-19)16(4-1)5-3-7-18-8-12-20-13-9-18/h1-2,4,6H,3,5,7-15H2. The van der Waals surface area contributed by atoms with E-state index in [4.69, 9.17) is 9.47 Å². The van der Waals surface area contributed by atoms with Gasteiger partial charge in [-0.3, -0.25) is 4.90 Å². The van der Waals surface area contributed by atoms with Gasteiger partial charge in [-0.05, 0) is 31.0 Å². The minimum atomic E-state index is 0.849. The quantitative estimate of drug-likeness (QED) is 0.825. The van der Waals surface area contributed by atoms with Crippen molar-refractivity contribution in [1.29, 1.82) is 0 Å². The third kappa shape index (κ3) is 4.19. The van der Waals surface area contributed by atoms with Gasteiger partial charge in [-0.1, -0.05) is 18.2 Å². The third-order valence-electron chi connectivity index (χ3n) is 4.37. The summed E-state index contributed by atoms with van der Waals surface area (Å²) in [5, 5.41) is 0. The normalized spacial score (nSPS) is 20.7. The van der Waals surface area contributed by atoms with Crippen LogP contribution in [0.3, 0.4) is 0 Å². The highest BCUT2D eigenvalue weighted by Crippen LogP contribution is 2.22. The molecule has 0 atom stereocenters. The van der Waals surface area contributed by atoms with Crippen LogP contribution in [-0.4, -0.2) is 64.1 Å². The monoisotopic (exact) mass is 290 g/mol. The molecule has 2 heterocycles. The number of rotatable bonds is 5. The molecule has 4 nitrogen and oxygen atoms in total. The maximum atomic E-state index is 5.46. The number of morpholine rings is 2. The fraction of sp³-hybridized carbons (Fsp3) is 0.647. The third-order valence-corrected chi connectivity index (χ3v) is 4.37. The summed E-state index contributed by atoms with van der Waals surface area (Å²) in [6.45, 7) is 8.87. The Bertz CT molecular complexity index is 427. The summed E-state index contributed by atoms with van der Waals surface area (Å²) in [5.74, 6) is 0. The number of hydrogen-bond donors (Lipinski definition) is 0. The van der Waals surface area contributed by atoms with Gasteiger partial charge in [-0.2, -0.15) is 0 Å². The summed E-state index contributed by atoms with van der Waals surface area (Å²) in [6.07, 6.45) is 2.38. The first-order chi connectivity index (χ1) is 10.4. The van der Waals surface area contributed by atoms with Crippen LogP contribution >= 0.6 is 0 Å². The van der Waals surface area contributed by atoms with Gasteiger partial charge in [0.1, 0.15) is 0 Å². The van der Waals surface area contributed by atoms with Crippen molar-refractivity contribution in [3.05, 3.63) is 29.8 Å². The SMILES string of the molecule is c1ccc(N2CCOCC2)c(CCCN2CCOCC2)c1. The molecule has 0 spiro atoms. The van der Waals surface area contributed by atoms with Crippen molar-refractivity contribution in [2.24, 2.45) is 0 Å². The van der Waals surface area contributed by atoms with Crippen LogP contribution in [0.2, 0.25) is 0 Å². The lowest BCUT2D eigenvalue weighted by molar-refractivity contribution is 0.0375. The highest BCUT2D eigenvalue weighted by molar-refractivity contribution is 5.54. The van der Waals surface area contributed by atoms with E-state index in [1.807, 2.05) is 0 Å². The molecule has 0 unspecified atom stereocenters. The van der Waals surface area contributed by atoms with Crippen LogP contribution in [0.25, 0.3) is 0 Å². The van der Waals surface area contributed by atoms with E-state index in [0.29, 0.717) is 0 Å². The Kier molecular flexibility index (Phi) is 5.49. The number of para-hydroxylation sites is 1. The molecule has 0 amide bonds. The summed E-state index contributed by atoms with van der Waals surface area (Å²) in [7, 11) is 0. The largest absolute Gasteiger partial charge is 0.379 e. The molecule has 0 saturated carbocycles. The minimum absolute atomic E-state index is 0.849. The minimum Gasteiger partial charge on any atom is -0.379 e. The van der Waals surface area contributed by atoms with Crippen molar-refractivity contribution in [2.45, 2.75) is 12.8 Å². The van der Waals surface area contributed by atoms with Crippen molar-refractivity contribution in [2.75, 3.05) is 64.1 Å². The molecule has 0 aliphatic carbocycles. The van der Waals surface area contributed by atoms with E-state index in [-0.39, 0.29) is 0 Å². The predicted molar refractivity (Wildman–Crippen MR) is 85.1 cm³/mol. The van der Waals surface area contributed by atoms with Crippen LogP contribution in [-0.2, 0) is 15.9 Å². The lowest BCUT2D eigenvalue weighted by atomic mass is 10.1. The van der Waals surface area contributed by atoms with Crippen LogP contribution in [0, 0.1) is 0 Å². The first-order valence-electron chi connectivity index (χ1n) is 8.14. The number of benzene rings is 1. The highest BCUT2D eigenvalue weighted by atomic mass is 16.5. The average molecular weight is 290 g/mol. The van der Waals surface area contributed by atoms with E-state index in [9.17, 15) is 0 Å². The van der Waals surface area contributed by atoms with Gasteiger partial charge in [-0.15, -0.1) is 0 Å². The number of nitrogens with zero attached hydrogens (tertiary/aromatic N) is 2. The Morgan fingerprint density at radius 2 is 1.52 bits per heavy atom. The smallest absolute Gasteiger partial charge is 0.0642 e. The lowest BCUT2D eigenvalue weighted by Gasteiger charge is -2.31. The molecule has 0 N–H and O–H groups in total. The van der Waals surface area contributed by atoms with E-state index in [0.717, 1.165) is 59.0 Å². The van der Waals surface area contributed by atoms with Crippen LogP contribution in [0.15, 0.2) is 24.3 Å². The number of aryl methyl sites for hydroxylation is 1. The van der Waals surface area contributed by atoms with Crippen LogP contribution < -0.4 is 4.90 Å². The summed E-state index contributed by atoms with van der Waals surface area (Å²) in [5.41, 5.74) is 2.88. The van der Waals surface area contributed by atoms with Crippen molar-refractivity contribution in [3.8, 4) is 0 Å². The second kappa shape index (κ2) is 7.78. The van der Waals surface area contributed by atoms with E-state index in [1.165, 1.54) is 24.2 Å². The summed E-state index contributed by atoms with van der Waals surface area (Å²) in [4.78, 5) is 4.98. The Labute approximate surface area is 127 Å². The molecule has 2 fully saturated rings. The summed E-state index contributed by atoms with van der Waals surface area (Å²) in [6, 6.07) is 8.85. The van der Waals surface area contributed by atoms with Crippen molar-refractivity contribution in [1.82, 2.24) is 4.90 Å². The van der Waals surface area contributed by atoms with Gasteiger partial charge in [0, 0.05) is 31.9 Å². The van der Waals surface area contributed by atoms with E-state index in [1.54, 1.807) is 0 Å². The second-order valence-electron chi connectivity index (χ2n) is 5.79. The zero-order valence-electron chi connectivity index (χ0n) is 12.8. The zero-order valence-corrected chi connectivity index (χ0v) is 12.8. The van der Waals surface area contributed by atoms with E-state index >= 15 is 0 Å². The molecule has 4 heteroatoms. The Morgan fingerprint density at radius 3 is 2.29 bits per heavy atom. The Morgan fingerprint density at radius 1 is 0.857 bits per heavy atom. The summed E-state index contributed by atoms with van der Waals surface area (Å²) >= 11 is 0. The van der Waals surface area contributed by atoms with Crippen LogP contribution in [0.1, 0.15) is 12.0 Å². The molecular formula is C17H26N2O2. The molecule has 116 valence electrons. The van der Waals surface area contributed by atoms with Crippen LogP contribution in [0.5, 0.6) is 0 Å². The first-order valence-corrected chi connectivity index (χ1v) is 8.14. The van der Waals surface area contributed by atoms with Crippen molar-refractivity contribution in [3.63, 3.8) is 0 Å². The van der Waals surface area contributed by atoms with E-state index < -0.39 is 0 Å². The van der Waals surface area contributed by atoms with Gasteiger partial charge in [0.2, 0.25) is 0 Å². The Hall–Kier alpha value is -1.10. The number of hydrogen-bond acceptors (Lipinski definition) is 4. The van der Waals surface area contributed by atoms with Crippen molar-refractivity contribution >= 4 is 5.69 Å². The molecule has 1 aromatic carbocycles. The molecule has 0 aromatic heterocycles. The fourth-order valence-corrected chi connectivity index (χ4v) is 3.15.